The zero-order chi connectivity index (χ0) is 12.3. The quantitative estimate of drug-likeness (QED) is 0.873. The van der Waals surface area contributed by atoms with E-state index in [2.05, 4.69) is 20.9 Å². The van der Waals surface area contributed by atoms with Crippen molar-refractivity contribution in [3.8, 4) is 11.8 Å². The second kappa shape index (κ2) is 5.02. The summed E-state index contributed by atoms with van der Waals surface area (Å²) in [6.07, 6.45) is 3.41. The molecular formula is C12H10BrN3O. The second-order valence-corrected chi connectivity index (χ2v) is 4.31. The van der Waals surface area contributed by atoms with Crippen LogP contribution in [0, 0.1) is 11.3 Å². The van der Waals surface area contributed by atoms with Crippen LogP contribution in [0.15, 0.2) is 35.1 Å². The maximum atomic E-state index is 8.86. The van der Waals surface area contributed by atoms with E-state index in [1.54, 1.807) is 24.1 Å². The summed E-state index contributed by atoms with van der Waals surface area (Å²) in [6.45, 7) is 0.617. The average molecular weight is 292 g/mol. The molecule has 0 fully saturated rings. The monoisotopic (exact) mass is 291 g/mol. The Labute approximate surface area is 108 Å². The summed E-state index contributed by atoms with van der Waals surface area (Å²) in [5.74, 6) is 1.21. The summed E-state index contributed by atoms with van der Waals surface area (Å²) in [5, 5.41) is 8.86. The summed E-state index contributed by atoms with van der Waals surface area (Å²) in [4.78, 5) is 3.95. The first kappa shape index (κ1) is 11.7. The molecule has 0 saturated carbocycles. The van der Waals surface area contributed by atoms with Crippen LogP contribution in [-0.4, -0.2) is 16.7 Å². The molecule has 0 spiro atoms. The van der Waals surface area contributed by atoms with E-state index in [1.165, 1.54) is 0 Å². The van der Waals surface area contributed by atoms with Gasteiger partial charge in [-0.2, -0.15) is 5.26 Å². The van der Waals surface area contributed by atoms with Crippen molar-refractivity contribution in [2.24, 2.45) is 0 Å². The third-order valence-corrected chi connectivity index (χ3v) is 3.00. The van der Waals surface area contributed by atoms with E-state index >= 15 is 0 Å². The highest BCUT2D eigenvalue weighted by Gasteiger charge is 2.05. The topological polar surface area (TPSA) is 50.8 Å². The smallest absolute Gasteiger partial charge is 0.213 e. The fourth-order valence-electron chi connectivity index (χ4n) is 1.55. The lowest BCUT2D eigenvalue weighted by Gasteiger charge is -2.07. The molecule has 2 rings (SSSR count). The van der Waals surface area contributed by atoms with Crippen LogP contribution in [0.25, 0.3) is 0 Å². The first-order chi connectivity index (χ1) is 8.24. The van der Waals surface area contributed by atoms with Gasteiger partial charge in [0.1, 0.15) is 11.8 Å². The average Bonchev–Trinajstić information content (AvgIpc) is 2.76. The Kier molecular flexibility index (Phi) is 3.45. The van der Waals surface area contributed by atoms with Crippen molar-refractivity contribution >= 4 is 15.9 Å². The largest absolute Gasteiger partial charge is 0.496 e. The van der Waals surface area contributed by atoms with E-state index in [9.17, 15) is 0 Å². The molecule has 1 heterocycles. The molecule has 17 heavy (non-hydrogen) atoms. The Bertz CT molecular complexity index is 571. The maximum Gasteiger partial charge on any atom is 0.213 e. The molecule has 4 nitrogen and oxygen atoms in total. The van der Waals surface area contributed by atoms with Gasteiger partial charge in [-0.3, -0.25) is 0 Å². The van der Waals surface area contributed by atoms with Crippen LogP contribution in [-0.2, 0) is 6.54 Å². The van der Waals surface area contributed by atoms with E-state index in [4.69, 9.17) is 10.00 Å². The zero-order valence-electron chi connectivity index (χ0n) is 9.22. The molecule has 0 bridgehead atoms. The van der Waals surface area contributed by atoms with Crippen LogP contribution in [0.3, 0.4) is 0 Å². The fraction of sp³-hybridized carbons (Fsp3) is 0.167. The third kappa shape index (κ3) is 2.48. The van der Waals surface area contributed by atoms with Crippen molar-refractivity contribution in [2.45, 2.75) is 6.54 Å². The zero-order valence-corrected chi connectivity index (χ0v) is 10.8. The molecule has 0 amide bonds. The van der Waals surface area contributed by atoms with E-state index in [0.29, 0.717) is 12.4 Å². The lowest BCUT2D eigenvalue weighted by Crippen LogP contribution is -2.01. The van der Waals surface area contributed by atoms with Crippen LogP contribution < -0.4 is 4.74 Å². The van der Waals surface area contributed by atoms with Crippen LogP contribution in [0.1, 0.15) is 11.4 Å². The number of hydrogen-bond donors (Lipinski definition) is 0. The number of methoxy groups -OCH3 is 1. The van der Waals surface area contributed by atoms with Gasteiger partial charge >= 0.3 is 0 Å². The number of imidazole rings is 1. The van der Waals surface area contributed by atoms with Crippen molar-refractivity contribution < 1.29 is 4.74 Å². The SMILES string of the molecule is COc1ccc(Cn2ccnc2C#N)cc1Br. The van der Waals surface area contributed by atoms with Crippen LogP contribution in [0.2, 0.25) is 0 Å². The Morgan fingerprint density at radius 1 is 1.53 bits per heavy atom. The summed E-state index contributed by atoms with van der Waals surface area (Å²) < 4.78 is 7.86. The number of nitrogens with zero attached hydrogens (tertiary/aromatic N) is 3. The lowest BCUT2D eigenvalue weighted by molar-refractivity contribution is 0.412. The van der Waals surface area contributed by atoms with Crippen molar-refractivity contribution in [2.75, 3.05) is 7.11 Å². The molecule has 0 N–H and O–H groups in total. The molecule has 86 valence electrons. The summed E-state index contributed by atoms with van der Waals surface area (Å²) in [5.41, 5.74) is 1.08. The molecule has 0 aliphatic heterocycles. The van der Waals surface area contributed by atoms with E-state index < -0.39 is 0 Å². The van der Waals surface area contributed by atoms with Crippen molar-refractivity contribution in [3.05, 3.63) is 46.5 Å². The van der Waals surface area contributed by atoms with Crippen molar-refractivity contribution in [1.82, 2.24) is 9.55 Å². The van der Waals surface area contributed by atoms with Gasteiger partial charge in [-0.1, -0.05) is 6.07 Å². The minimum Gasteiger partial charge on any atom is -0.496 e. The molecule has 1 aromatic heterocycles. The summed E-state index contributed by atoms with van der Waals surface area (Å²) in [7, 11) is 1.63. The summed E-state index contributed by atoms with van der Waals surface area (Å²) >= 11 is 3.43. The number of halogens is 1. The van der Waals surface area contributed by atoms with Gasteiger partial charge in [0.15, 0.2) is 0 Å². The number of hydrogen-bond acceptors (Lipinski definition) is 3. The highest BCUT2D eigenvalue weighted by molar-refractivity contribution is 9.10. The van der Waals surface area contributed by atoms with Gasteiger partial charge in [-0.05, 0) is 33.6 Å². The van der Waals surface area contributed by atoms with E-state index in [0.717, 1.165) is 15.8 Å². The Morgan fingerprint density at radius 2 is 2.35 bits per heavy atom. The van der Waals surface area contributed by atoms with Crippen molar-refractivity contribution in [3.63, 3.8) is 0 Å². The number of rotatable bonds is 3. The van der Waals surface area contributed by atoms with Crippen LogP contribution in [0.4, 0.5) is 0 Å². The Hall–Kier alpha value is -1.80. The van der Waals surface area contributed by atoms with Crippen molar-refractivity contribution in [1.29, 1.82) is 5.26 Å². The third-order valence-electron chi connectivity index (χ3n) is 2.38. The number of aromatic nitrogens is 2. The number of nitriles is 1. The standard InChI is InChI=1S/C12H10BrN3O/c1-17-11-3-2-9(6-10(11)13)8-16-5-4-15-12(16)7-14/h2-6H,8H2,1H3. The normalized spacial score (nSPS) is 9.94. The molecule has 0 atom stereocenters. The number of ether oxygens (including phenoxy) is 1. The van der Waals surface area contributed by atoms with Gasteiger partial charge in [0.2, 0.25) is 5.82 Å². The Morgan fingerprint density at radius 3 is 3.00 bits per heavy atom. The number of benzene rings is 1. The van der Waals surface area contributed by atoms with Crippen LogP contribution >= 0.6 is 15.9 Å². The lowest BCUT2D eigenvalue weighted by atomic mass is 10.2. The molecule has 1 aromatic carbocycles. The summed E-state index contributed by atoms with van der Waals surface area (Å²) in [6, 6.07) is 7.87. The van der Waals surface area contributed by atoms with Gasteiger partial charge in [0, 0.05) is 18.9 Å². The second-order valence-electron chi connectivity index (χ2n) is 3.46. The van der Waals surface area contributed by atoms with E-state index in [-0.39, 0.29) is 0 Å². The van der Waals surface area contributed by atoms with Gasteiger partial charge in [-0.15, -0.1) is 0 Å². The molecule has 0 unspecified atom stereocenters. The highest BCUT2D eigenvalue weighted by Crippen LogP contribution is 2.25. The van der Waals surface area contributed by atoms with Gasteiger partial charge in [0.05, 0.1) is 11.6 Å². The molecule has 5 heteroatoms. The van der Waals surface area contributed by atoms with E-state index in [1.807, 2.05) is 24.3 Å². The highest BCUT2D eigenvalue weighted by atomic mass is 79.9. The molecule has 0 saturated heterocycles. The van der Waals surface area contributed by atoms with Gasteiger partial charge in [0.25, 0.3) is 0 Å². The van der Waals surface area contributed by atoms with Crippen LogP contribution in [0.5, 0.6) is 5.75 Å². The first-order valence-electron chi connectivity index (χ1n) is 4.98. The fourth-order valence-corrected chi connectivity index (χ4v) is 2.14. The molecule has 0 aliphatic carbocycles. The van der Waals surface area contributed by atoms with Gasteiger partial charge < -0.3 is 9.30 Å². The predicted molar refractivity (Wildman–Crippen MR) is 66.7 cm³/mol. The minimum absolute atomic E-state index is 0.414. The molecular weight excluding hydrogens is 282 g/mol. The molecule has 0 radical (unpaired) electrons. The Balaban J connectivity index is 2.25. The van der Waals surface area contributed by atoms with Gasteiger partial charge in [-0.25, -0.2) is 4.98 Å². The molecule has 0 aliphatic rings. The minimum atomic E-state index is 0.414. The predicted octanol–water partition coefficient (Wildman–Crippen LogP) is 2.57. The molecule has 2 aromatic rings. The maximum absolute atomic E-state index is 8.86. The first-order valence-corrected chi connectivity index (χ1v) is 5.77.